The van der Waals surface area contributed by atoms with Crippen LogP contribution in [-0.4, -0.2) is 43.0 Å². The summed E-state index contributed by atoms with van der Waals surface area (Å²) in [7, 11) is 0. The van der Waals surface area contributed by atoms with Crippen LogP contribution in [0.3, 0.4) is 0 Å². The Morgan fingerprint density at radius 2 is 2.20 bits per heavy atom. The second-order valence-electron chi connectivity index (χ2n) is 4.82. The van der Waals surface area contributed by atoms with Crippen LogP contribution in [0, 0.1) is 5.92 Å². The van der Waals surface area contributed by atoms with E-state index in [1.165, 1.54) is 19.3 Å². The number of ether oxygens (including phenoxy) is 1. The van der Waals surface area contributed by atoms with E-state index in [2.05, 4.69) is 4.90 Å². The van der Waals surface area contributed by atoms with E-state index < -0.39 is 0 Å². The number of Topliss-reactive ketones (excluding diaryl/α,β-unsaturated/α-hetero) is 1. The fourth-order valence-electron chi connectivity index (χ4n) is 2.68. The molecule has 2 aliphatic heterocycles. The van der Waals surface area contributed by atoms with Crippen LogP contribution in [0.15, 0.2) is 0 Å². The van der Waals surface area contributed by atoms with Crippen LogP contribution in [0.4, 0.5) is 0 Å². The molecule has 0 aromatic rings. The third kappa shape index (κ3) is 2.79. The molecular formula is C12H21NO2. The first-order valence-electron chi connectivity index (χ1n) is 6.09. The SMILES string of the molecule is CC(=O)C1CCCN(C2CCCOC2)C1. The summed E-state index contributed by atoms with van der Waals surface area (Å²) >= 11 is 0. The van der Waals surface area contributed by atoms with Gasteiger partial charge in [0.1, 0.15) is 5.78 Å². The first-order chi connectivity index (χ1) is 7.27. The predicted molar refractivity (Wildman–Crippen MR) is 58.8 cm³/mol. The molecule has 86 valence electrons. The third-order valence-corrected chi connectivity index (χ3v) is 3.68. The predicted octanol–water partition coefficient (Wildman–Crippen LogP) is 1.47. The average molecular weight is 211 g/mol. The summed E-state index contributed by atoms with van der Waals surface area (Å²) < 4.78 is 5.50. The van der Waals surface area contributed by atoms with Crippen molar-refractivity contribution in [2.24, 2.45) is 5.92 Å². The lowest BCUT2D eigenvalue weighted by molar-refractivity contribution is -0.123. The van der Waals surface area contributed by atoms with Gasteiger partial charge in [-0.25, -0.2) is 0 Å². The number of hydrogen-bond acceptors (Lipinski definition) is 3. The quantitative estimate of drug-likeness (QED) is 0.692. The summed E-state index contributed by atoms with van der Waals surface area (Å²) in [5.41, 5.74) is 0. The molecule has 0 spiro atoms. The molecule has 0 amide bonds. The maximum Gasteiger partial charge on any atom is 0.134 e. The zero-order valence-electron chi connectivity index (χ0n) is 9.58. The van der Waals surface area contributed by atoms with Gasteiger partial charge in [-0.2, -0.15) is 0 Å². The minimum Gasteiger partial charge on any atom is -0.380 e. The monoisotopic (exact) mass is 211 g/mol. The van der Waals surface area contributed by atoms with Crippen LogP contribution >= 0.6 is 0 Å². The van der Waals surface area contributed by atoms with Crippen LogP contribution in [0.25, 0.3) is 0 Å². The number of nitrogens with zero attached hydrogens (tertiary/aromatic N) is 1. The van der Waals surface area contributed by atoms with E-state index in [-0.39, 0.29) is 5.92 Å². The van der Waals surface area contributed by atoms with Crippen molar-refractivity contribution < 1.29 is 9.53 Å². The van der Waals surface area contributed by atoms with Gasteiger partial charge in [0, 0.05) is 25.1 Å². The van der Waals surface area contributed by atoms with Gasteiger partial charge in [0.2, 0.25) is 0 Å². The Morgan fingerprint density at radius 1 is 1.33 bits per heavy atom. The van der Waals surface area contributed by atoms with Gasteiger partial charge in [0.15, 0.2) is 0 Å². The van der Waals surface area contributed by atoms with Crippen LogP contribution in [0.2, 0.25) is 0 Å². The Morgan fingerprint density at radius 3 is 2.87 bits per heavy atom. The molecule has 0 aromatic heterocycles. The second-order valence-corrected chi connectivity index (χ2v) is 4.82. The van der Waals surface area contributed by atoms with Crippen LogP contribution in [0.5, 0.6) is 0 Å². The number of likely N-dealkylation sites (tertiary alicyclic amines) is 1. The molecule has 3 heteroatoms. The standard InChI is InChI=1S/C12H21NO2/c1-10(14)11-4-2-6-13(8-11)12-5-3-7-15-9-12/h11-12H,2-9H2,1H3. The second kappa shape index (κ2) is 5.08. The summed E-state index contributed by atoms with van der Waals surface area (Å²) in [6.07, 6.45) is 4.66. The fourth-order valence-corrected chi connectivity index (χ4v) is 2.68. The molecule has 0 aromatic carbocycles. The Labute approximate surface area is 91.8 Å². The van der Waals surface area contributed by atoms with E-state index >= 15 is 0 Å². The Kier molecular flexibility index (Phi) is 3.76. The van der Waals surface area contributed by atoms with E-state index in [1.807, 2.05) is 0 Å². The molecule has 0 N–H and O–H groups in total. The van der Waals surface area contributed by atoms with Crippen LogP contribution in [0.1, 0.15) is 32.6 Å². The van der Waals surface area contributed by atoms with Gasteiger partial charge >= 0.3 is 0 Å². The summed E-state index contributed by atoms with van der Waals surface area (Å²) in [5, 5.41) is 0. The lowest BCUT2D eigenvalue weighted by atomic mass is 9.92. The highest BCUT2D eigenvalue weighted by Gasteiger charge is 2.28. The summed E-state index contributed by atoms with van der Waals surface area (Å²) in [6, 6.07) is 0.570. The molecule has 2 rings (SSSR count). The fraction of sp³-hybridized carbons (Fsp3) is 0.917. The first kappa shape index (κ1) is 11.1. The lowest BCUT2D eigenvalue weighted by Crippen LogP contribution is -2.47. The van der Waals surface area contributed by atoms with E-state index in [9.17, 15) is 4.79 Å². The highest BCUT2D eigenvalue weighted by Crippen LogP contribution is 2.22. The normalized spacial score (nSPS) is 33.9. The third-order valence-electron chi connectivity index (χ3n) is 3.68. The van der Waals surface area contributed by atoms with Crippen molar-refractivity contribution >= 4 is 5.78 Å². The maximum absolute atomic E-state index is 11.4. The summed E-state index contributed by atoms with van der Waals surface area (Å²) in [4.78, 5) is 13.8. The molecule has 0 saturated carbocycles. The van der Waals surface area contributed by atoms with Crippen molar-refractivity contribution in [2.45, 2.75) is 38.6 Å². The lowest BCUT2D eigenvalue weighted by Gasteiger charge is -2.39. The van der Waals surface area contributed by atoms with Crippen molar-refractivity contribution in [3.05, 3.63) is 0 Å². The van der Waals surface area contributed by atoms with Crippen molar-refractivity contribution in [2.75, 3.05) is 26.3 Å². The van der Waals surface area contributed by atoms with Crippen LogP contribution in [-0.2, 0) is 9.53 Å². The molecule has 2 unspecified atom stereocenters. The zero-order chi connectivity index (χ0) is 10.7. The Hall–Kier alpha value is -0.410. The van der Waals surface area contributed by atoms with Crippen molar-refractivity contribution in [1.82, 2.24) is 4.90 Å². The highest BCUT2D eigenvalue weighted by atomic mass is 16.5. The number of rotatable bonds is 2. The molecule has 2 atom stereocenters. The topological polar surface area (TPSA) is 29.5 Å². The molecule has 2 saturated heterocycles. The molecular weight excluding hydrogens is 190 g/mol. The van der Waals surface area contributed by atoms with Gasteiger partial charge in [-0.3, -0.25) is 9.69 Å². The molecule has 2 fully saturated rings. The Bertz CT molecular complexity index is 224. The largest absolute Gasteiger partial charge is 0.380 e. The average Bonchev–Trinajstić information content (AvgIpc) is 2.30. The van der Waals surface area contributed by atoms with Crippen molar-refractivity contribution in [1.29, 1.82) is 0 Å². The highest BCUT2D eigenvalue weighted by molar-refractivity contribution is 5.78. The van der Waals surface area contributed by atoms with E-state index in [0.717, 1.165) is 32.7 Å². The minimum absolute atomic E-state index is 0.278. The number of piperidine rings is 1. The van der Waals surface area contributed by atoms with Gasteiger partial charge in [0.25, 0.3) is 0 Å². The number of carbonyl (C=O) groups excluding carboxylic acids is 1. The van der Waals surface area contributed by atoms with Gasteiger partial charge < -0.3 is 4.74 Å². The molecule has 3 nitrogen and oxygen atoms in total. The number of hydrogen-bond donors (Lipinski definition) is 0. The molecule has 2 heterocycles. The molecule has 0 aliphatic carbocycles. The Balaban J connectivity index is 1.88. The smallest absolute Gasteiger partial charge is 0.134 e. The van der Waals surface area contributed by atoms with E-state index in [0.29, 0.717) is 11.8 Å². The molecule has 0 radical (unpaired) electrons. The number of carbonyl (C=O) groups is 1. The van der Waals surface area contributed by atoms with Gasteiger partial charge in [-0.15, -0.1) is 0 Å². The van der Waals surface area contributed by atoms with E-state index in [1.54, 1.807) is 6.92 Å². The van der Waals surface area contributed by atoms with Gasteiger partial charge in [-0.1, -0.05) is 0 Å². The first-order valence-corrected chi connectivity index (χ1v) is 6.09. The van der Waals surface area contributed by atoms with Crippen LogP contribution < -0.4 is 0 Å². The van der Waals surface area contributed by atoms with Crippen molar-refractivity contribution in [3.63, 3.8) is 0 Å². The van der Waals surface area contributed by atoms with Gasteiger partial charge in [-0.05, 0) is 39.2 Å². The molecule has 0 bridgehead atoms. The summed E-state index contributed by atoms with van der Waals surface area (Å²) in [5.74, 6) is 0.636. The minimum atomic E-state index is 0.278. The maximum atomic E-state index is 11.4. The van der Waals surface area contributed by atoms with Crippen molar-refractivity contribution in [3.8, 4) is 0 Å². The summed E-state index contributed by atoms with van der Waals surface area (Å²) in [6.45, 7) is 5.62. The molecule has 15 heavy (non-hydrogen) atoms. The number of ketones is 1. The molecule has 2 aliphatic rings. The zero-order valence-corrected chi connectivity index (χ0v) is 9.58. The van der Waals surface area contributed by atoms with Gasteiger partial charge in [0.05, 0.1) is 6.61 Å². The van der Waals surface area contributed by atoms with E-state index in [4.69, 9.17) is 4.74 Å².